The van der Waals surface area contributed by atoms with Gasteiger partial charge in [0.05, 0.1) is 7.11 Å². The Bertz CT molecular complexity index is 1110. The molecule has 166 valence electrons. The highest BCUT2D eigenvalue weighted by atomic mass is 79.9. The minimum Gasteiger partial charge on any atom is -0.495 e. The zero-order valence-corrected chi connectivity index (χ0v) is 20.4. The Balaban J connectivity index is 1.49. The van der Waals surface area contributed by atoms with Crippen LogP contribution in [0.4, 0.5) is 5.69 Å². The molecule has 6 nitrogen and oxygen atoms in total. The molecule has 0 bridgehead atoms. The van der Waals surface area contributed by atoms with Crippen molar-refractivity contribution in [2.75, 3.05) is 25.1 Å². The molecule has 2 aliphatic rings. The molecule has 0 spiro atoms. The van der Waals surface area contributed by atoms with E-state index in [2.05, 4.69) is 28.9 Å². The average Bonchev–Trinajstić information content (AvgIpc) is 3.07. The van der Waals surface area contributed by atoms with E-state index in [1.807, 2.05) is 30.0 Å². The Morgan fingerprint density at radius 2 is 1.84 bits per heavy atom. The molecule has 2 aliphatic heterocycles. The van der Waals surface area contributed by atoms with Crippen molar-refractivity contribution in [3.63, 3.8) is 0 Å². The van der Waals surface area contributed by atoms with Gasteiger partial charge >= 0.3 is 0 Å². The third-order valence-corrected chi connectivity index (χ3v) is 8.65. The Hall–Kier alpha value is -1.90. The molecule has 1 atom stereocenters. The van der Waals surface area contributed by atoms with Crippen molar-refractivity contribution >= 4 is 37.5 Å². The number of carbonyl (C=O) groups excluding carboxylic acids is 1. The number of benzene rings is 2. The molecule has 0 N–H and O–H groups in total. The Morgan fingerprint density at radius 1 is 1.13 bits per heavy atom. The van der Waals surface area contributed by atoms with Gasteiger partial charge < -0.3 is 9.64 Å². The number of sulfonamides is 1. The van der Waals surface area contributed by atoms with Gasteiger partial charge in [-0.05, 0) is 74.6 Å². The first-order valence-corrected chi connectivity index (χ1v) is 12.7. The molecule has 1 unspecified atom stereocenters. The average molecular weight is 507 g/mol. The van der Waals surface area contributed by atoms with E-state index < -0.39 is 10.0 Å². The summed E-state index contributed by atoms with van der Waals surface area (Å²) in [5.74, 6) is 0.263. The first kappa shape index (κ1) is 22.3. The number of anilines is 1. The van der Waals surface area contributed by atoms with Gasteiger partial charge in [-0.3, -0.25) is 4.79 Å². The van der Waals surface area contributed by atoms with Gasteiger partial charge in [0, 0.05) is 35.2 Å². The van der Waals surface area contributed by atoms with Crippen molar-refractivity contribution in [3.05, 3.63) is 52.0 Å². The van der Waals surface area contributed by atoms with Crippen LogP contribution in [0, 0.1) is 12.8 Å². The minimum atomic E-state index is -3.68. The van der Waals surface area contributed by atoms with E-state index in [-0.39, 0.29) is 22.8 Å². The molecule has 2 aromatic rings. The van der Waals surface area contributed by atoms with Gasteiger partial charge in [-0.1, -0.05) is 22.0 Å². The van der Waals surface area contributed by atoms with Crippen LogP contribution in [0.25, 0.3) is 0 Å². The topological polar surface area (TPSA) is 66.9 Å². The summed E-state index contributed by atoms with van der Waals surface area (Å²) in [6.07, 6.45) is 1.86. The molecular weight excluding hydrogens is 480 g/mol. The number of hydrogen-bond donors (Lipinski definition) is 0. The van der Waals surface area contributed by atoms with Gasteiger partial charge in [0.15, 0.2) is 0 Å². The van der Waals surface area contributed by atoms with Crippen molar-refractivity contribution in [3.8, 4) is 5.75 Å². The van der Waals surface area contributed by atoms with Gasteiger partial charge in [-0.15, -0.1) is 0 Å². The van der Waals surface area contributed by atoms with E-state index in [1.165, 1.54) is 17.0 Å². The van der Waals surface area contributed by atoms with Crippen LogP contribution in [0.15, 0.2) is 45.8 Å². The number of hydrogen-bond acceptors (Lipinski definition) is 4. The van der Waals surface area contributed by atoms with Crippen molar-refractivity contribution in [1.29, 1.82) is 0 Å². The molecule has 0 aliphatic carbocycles. The lowest BCUT2D eigenvalue weighted by Crippen LogP contribution is -2.46. The molecule has 1 amide bonds. The molecule has 31 heavy (non-hydrogen) atoms. The smallest absolute Gasteiger partial charge is 0.246 e. The Kier molecular flexibility index (Phi) is 6.16. The third-order valence-electron chi connectivity index (χ3n) is 6.23. The summed E-state index contributed by atoms with van der Waals surface area (Å²) >= 11 is 3.50. The Labute approximate surface area is 192 Å². The lowest BCUT2D eigenvalue weighted by Gasteiger charge is -2.34. The van der Waals surface area contributed by atoms with Gasteiger partial charge in [0.1, 0.15) is 10.6 Å². The predicted octanol–water partition coefficient (Wildman–Crippen LogP) is 4.14. The van der Waals surface area contributed by atoms with Crippen LogP contribution in [0.3, 0.4) is 0 Å². The molecule has 8 heteroatoms. The summed E-state index contributed by atoms with van der Waals surface area (Å²) in [5, 5.41) is 0. The quantitative estimate of drug-likeness (QED) is 0.624. The van der Waals surface area contributed by atoms with Crippen LogP contribution in [-0.2, 0) is 21.2 Å². The van der Waals surface area contributed by atoms with Crippen molar-refractivity contribution in [2.24, 2.45) is 5.92 Å². The van der Waals surface area contributed by atoms with E-state index in [0.717, 1.165) is 22.1 Å². The highest BCUT2D eigenvalue weighted by molar-refractivity contribution is 9.10. The largest absolute Gasteiger partial charge is 0.495 e. The normalized spacial score (nSPS) is 20.0. The number of methoxy groups -OCH3 is 1. The molecule has 0 radical (unpaired) electrons. The molecule has 1 fully saturated rings. The van der Waals surface area contributed by atoms with Gasteiger partial charge in [0.25, 0.3) is 0 Å². The molecular formula is C23H27BrN2O4S. The standard InChI is InChI=1S/C23H27BrN2O4S/c1-15-4-7-21(30-3)22(12-15)31(28,29)25-10-8-17(9-11-25)23(27)26-16(2)13-18-14-19(24)5-6-20(18)26/h4-7,12,14,16-17H,8-11,13H2,1-3H3. The summed E-state index contributed by atoms with van der Waals surface area (Å²) in [6.45, 7) is 4.57. The zero-order valence-electron chi connectivity index (χ0n) is 18.0. The van der Waals surface area contributed by atoms with Crippen LogP contribution in [0.5, 0.6) is 5.75 Å². The van der Waals surface area contributed by atoms with Crippen molar-refractivity contribution in [1.82, 2.24) is 4.31 Å². The first-order chi connectivity index (χ1) is 14.7. The highest BCUT2D eigenvalue weighted by Crippen LogP contribution is 2.37. The number of fused-ring (bicyclic) bond motifs is 1. The maximum absolute atomic E-state index is 13.4. The number of rotatable bonds is 4. The number of piperidine rings is 1. The first-order valence-electron chi connectivity index (χ1n) is 10.5. The number of ether oxygens (including phenoxy) is 1. The fourth-order valence-electron chi connectivity index (χ4n) is 4.60. The Morgan fingerprint density at radius 3 is 2.52 bits per heavy atom. The fraction of sp³-hybridized carbons (Fsp3) is 0.435. The number of halogens is 1. The van der Waals surface area contributed by atoms with Gasteiger partial charge in [-0.25, -0.2) is 8.42 Å². The SMILES string of the molecule is COc1ccc(C)cc1S(=O)(=O)N1CCC(C(=O)N2c3ccc(Br)cc3CC2C)CC1. The number of amides is 1. The second-order valence-corrected chi connectivity index (χ2v) is 11.2. The number of nitrogens with zero attached hydrogens (tertiary/aromatic N) is 2. The summed E-state index contributed by atoms with van der Waals surface area (Å²) < 4.78 is 34.3. The predicted molar refractivity (Wildman–Crippen MR) is 124 cm³/mol. The van der Waals surface area contributed by atoms with Crippen LogP contribution >= 0.6 is 15.9 Å². The van der Waals surface area contributed by atoms with Gasteiger partial charge in [-0.2, -0.15) is 4.31 Å². The van der Waals surface area contributed by atoms with E-state index >= 15 is 0 Å². The molecule has 1 saturated heterocycles. The second-order valence-electron chi connectivity index (χ2n) is 8.37. The van der Waals surface area contributed by atoms with Crippen molar-refractivity contribution in [2.45, 2.75) is 44.0 Å². The highest BCUT2D eigenvalue weighted by Gasteiger charge is 2.38. The van der Waals surface area contributed by atoms with Gasteiger partial charge in [0.2, 0.25) is 15.9 Å². The summed E-state index contributed by atoms with van der Waals surface area (Å²) in [5.41, 5.74) is 3.00. The second kappa shape index (κ2) is 8.56. The van der Waals surface area contributed by atoms with E-state index in [1.54, 1.807) is 12.1 Å². The van der Waals surface area contributed by atoms with E-state index in [9.17, 15) is 13.2 Å². The zero-order chi connectivity index (χ0) is 22.3. The summed E-state index contributed by atoms with van der Waals surface area (Å²) in [6, 6.07) is 11.3. The lowest BCUT2D eigenvalue weighted by atomic mass is 9.96. The maximum Gasteiger partial charge on any atom is 0.246 e. The number of carbonyl (C=O) groups is 1. The molecule has 0 aromatic heterocycles. The molecule has 2 heterocycles. The van der Waals surface area contributed by atoms with E-state index in [0.29, 0.717) is 31.7 Å². The van der Waals surface area contributed by atoms with Crippen LogP contribution in [-0.4, -0.2) is 44.9 Å². The maximum atomic E-state index is 13.4. The van der Waals surface area contributed by atoms with Crippen LogP contribution in [0.2, 0.25) is 0 Å². The minimum absolute atomic E-state index is 0.0961. The van der Waals surface area contributed by atoms with E-state index in [4.69, 9.17) is 4.74 Å². The molecule has 4 rings (SSSR count). The molecule has 0 saturated carbocycles. The fourth-order valence-corrected chi connectivity index (χ4v) is 6.72. The number of aryl methyl sites for hydroxylation is 1. The van der Waals surface area contributed by atoms with Crippen LogP contribution < -0.4 is 9.64 Å². The summed E-state index contributed by atoms with van der Waals surface area (Å²) in [7, 11) is -2.21. The molecule has 2 aromatic carbocycles. The van der Waals surface area contributed by atoms with Crippen LogP contribution in [0.1, 0.15) is 30.9 Å². The third kappa shape index (κ3) is 4.13. The summed E-state index contributed by atoms with van der Waals surface area (Å²) in [4.78, 5) is 15.4. The lowest BCUT2D eigenvalue weighted by molar-refractivity contribution is -0.123. The monoisotopic (exact) mass is 506 g/mol. The van der Waals surface area contributed by atoms with Crippen molar-refractivity contribution < 1.29 is 17.9 Å².